The van der Waals surface area contributed by atoms with Crippen LogP contribution in [0.2, 0.25) is 0 Å². The van der Waals surface area contributed by atoms with Crippen LogP contribution in [0.1, 0.15) is 73.1 Å². The smallest absolute Gasteiger partial charge is 0.308 e. The molecule has 4 rings (SSSR count). The van der Waals surface area contributed by atoms with Gasteiger partial charge in [0, 0.05) is 35.8 Å². The Morgan fingerprint density at radius 2 is 1.81 bits per heavy atom. The lowest BCUT2D eigenvalue weighted by Gasteiger charge is -2.46. The van der Waals surface area contributed by atoms with E-state index in [0.717, 1.165) is 34.9 Å². The fourth-order valence-electron chi connectivity index (χ4n) is 7.78. The second-order valence-corrected chi connectivity index (χ2v) is 16.0. The summed E-state index contributed by atoms with van der Waals surface area (Å²) in [5, 5.41) is 49.7. The highest BCUT2D eigenvalue weighted by molar-refractivity contribution is 5.96. The van der Waals surface area contributed by atoms with Gasteiger partial charge in [-0.05, 0) is 89.9 Å². The number of carbonyl (C=O) groups excluding carboxylic acids is 2. The lowest BCUT2D eigenvalue weighted by atomic mass is 9.79. The summed E-state index contributed by atoms with van der Waals surface area (Å²) in [6.45, 7) is 9.69. The van der Waals surface area contributed by atoms with E-state index in [1.165, 1.54) is 0 Å². The number of carbonyl (C=O) groups is 2. The van der Waals surface area contributed by atoms with Gasteiger partial charge in [-0.25, -0.2) is 0 Å². The van der Waals surface area contributed by atoms with Crippen LogP contribution in [0.4, 0.5) is 0 Å². The first kappa shape index (κ1) is 46.9. The minimum atomic E-state index is -1.27. The van der Waals surface area contributed by atoms with Gasteiger partial charge in [0.25, 0.3) is 0 Å². The predicted octanol–water partition coefficient (Wildman–Crippen LogP) is 4.61. The van der Waals surface area contributed by atoms with Crippen LogP contribution in [-0.4, -0.2) is 131 Å². The van der Waals surface area contributed by atoms with Gasteiger partial charge in [-0.15, -0.1) is 0 Å². The van der Waals surface area contributed by atoms with E-state index < -0.39 is 72.7 Å². The SMILES string of the molecule is CC[C@H]1OC(=O)C[C@@H](O)[C@H](C)[C@@H](O[C@@H]2O[C@H](C)[C@@H](O)[C@H](N(C)C)[C@H]2O)[C@@H](CC=O)C[C@@H](C)C(=N/OCCCCOc2ccc3ncccc3c2)/C=C/C(C)=C/C1CO. The van der Waals surface area contributed by atoms with Gasteiger partial charge in [0.2, 0.25) is 0 Å². The van der Waals surface area contributed by atoms with Gasteiger partial charge in [0.1, 0.15) is 30.9 Å². The quantitative estimate of drug-likeness (QED) is 0.0897. The minimum Gasteiger partial charge on any atom is -0.494 e. The maximum atomic E-state index is 13.3. The van der Waals surface area contributed by atoms with Crippen molar-refractivity contribution in [2.75, 3.05) is 33.9 Å². The first-order valence-electron chi connectivity index (χ1n) is 20.6. The van der Waals surface area contributed by atoms with Gasteiger partial charge >= 0.3 is 5.97 Å². The fraction of sp³-hybridized carbons (Fsp3) is 0.636. The highest BCUT2D eigenvalue weighted by atomic mass is 16.7. The molecular formula is C44H65N3O11. The molecule has 58 heavy (non-hydrogen) atoms. The van der Waals surface area contributed by atoms with E-state index >= 15 is 0 Å². The number of ether oxygens (including phenoxy) is 4. The molecule has 0 saturated carbocycles. The van der Waals surface area contributed by atoms with E-state index in [9.17, 15) is 30.0 Å². The molecule has 14 heteroatoms. The minimum absolute atomic E-state index is 0.0369. The first-order valence-corrected chi connectivity index (χ1v) is 20.6. The Morgan fingerprint density at radius 1 is 1.05 bits per heavy atom. The van der Waals surface area contributed by atoms with Crippen molar-refractivity contribution in [2.24, 2.45) is 28.8 Å². The van der Waals surface area contributed by atoms with E-state index in [4.69, 9.17) is 23.8 Å². The van der Waals surface area contributed by atoms with Crippen LogP contribution in [0.15, 0.2) is 65.5 Å². The molecule has 2 aromatic rings. The molecule has 1 aromatic heterocycles. The van der Waals surface area contributed by atoms with Gasteiger partial charge < -0.3 is 53.9 Å². The molecule has 0 spiro atoms. The maximum Gasteiger partial charge on any atom is 0.308 e. The number of pyridine rings is 1. The van der Waals surface area contributed by atoms with Gasteiger partial charge in [-0.2, -0.15) is 0 Å². The lowest BCUT2D eigenvalue weighted by Crippen LogP contribution is -2.63. The number of unbranched alkanes of at least 4 members (excludes halogenated alkanes) is 1. The molecule has 322 valence electrons. The molecule has 4 N–H and O–H groups in total. The van der Waals surface area contributed by atoms with Gasteiger partial charge in [-0.3, -0.25) is 9.78 Å². The van der Waals surface area contributed by atoms with Crippen LogP contribution in [0, 0.1) is 23.7 Å². The van der Waals surface area contributed by atoms with Gasteiger partial charge in [0.15, 0.2) is 6.29 Å². The van der Waals surface area contributed by atoms with Crippen LogP contribution in [-0.2, 0) is 28.6 Å². The van der Waals surface area contributed by atoms with Crippen LogP contribution in [0.25, 0.3) is 10.9 Å². The number of nitrogens with zero attached hydrogens (tertiary/aromatic N) is 3. The summed E-state index contributed by atoms with van der Waals surface area (Å²) in [5.74, 6) is -1.94. The van der Waals surface area contributed by atoms with Gasteiger partial charge in [-0.1, -0.05) is 49.7 Å². The summed E-state index contributed by atoms with van der Waals surface area (Å²) >= 11 is 0. The summed E-state index contributed by atoms with van der Waals surface area (Å²) < 4.78 is 24.4. The van der Waals surface area contributed by atoms with Crippen LogP contribution < -0.4 is 4.74 Å². The number of benzene rings is 1. The normalized spacial score (nSPS) is 34.0. The molecule has 0 amide bonds. The lowest BCUT2D eigenvalue weighted by molar-refractivity contribution is -0.304. The van der Waals surface area contributed by atoms with Crippen LogP contribution >= 0.6 is 0 Å². The van der Waals surface area contributed by atoms with Crippen molar-refractivity contribution in [1.82, 2.24) is 9.88 Å². The molecule has 14 nitrogen and oxygen atoms in total. The number of allylic oxidation sites excluding steroid dienone is 3. The number of aliphatic hydroxyl groups excluding tert-OH is 4. The number of likely N-dealkylation sites (N-methyl/N-ethyl adjacent to an activating group) is 1. The van der Waals surface area contributed by atoms with E-state index in [2.05, 4.69) is 10.1 Å². The van der Waals surface area contributed by atoms with Crippen molar-refractivity contribution in [2.45, 2.75) is 122 Å². The molecular weight excluding hydrogens is 746 g/mol. The predicted molar refractivity (Wildman–Crippen MR) is 220 cm³/mol. The number of rotatable bonds is 14. The molecule has 1 saturated heterocycles. The average Bonchev–Trinajstić information content (AvgIpc) is 3.19. The third kappa shape index (κ3) is 13.1. The summed E-state index contributed by atoms with van der Waals surface area (Å²) in [6.07, 6.45) is 2.98. The second-order valence-electron chi connectivity index (χ2n) is 16.0. The third-order valence-electron chi connectivity index (χ3n) is 11.2. The standard InChI is InChI=1S/C44H65N3O11/c1-8-38-33(26-49)22-27(2)13-15-35(46-55-21-10-9-20-54-34-14-16-36-31(24-34)12-11-18-45-36)28(3)23-32(17-19-48)43(29(4)37(50)25-39(51)57-38)58-44-42(53)40(47(6)7)41(52)30(5)56-44/h11-16,18-19,22,24,28-30,32-33,37-38,40-44,49-50,52-53H,8-10,17,20-21,23,25-26H2,1-7H3/b15-13+,27-22+,46-35+/t28-,29+,30-,32+,33?,37-,38-,40+,41-,42-,43-,44+/m1/s1. The Labute approximate surface area is 342 Å². The third-order valence-corrected chi connectivity index (χ3v) is 11.2. The van der Waals surface area contributed by atoms with Crippen molar-refractivity contribution in [1.29, 1.82) is 0 Å². The summed E-state index contributed by atoms with van der Waals surface area (Å²) in [5.41, 5.74) is 2.31. The summed E-state index contributed by atoms with van der Waals surface area (Å²) in [4.78, 5) is 37.5. The topological polar surface area (TPSA) is 190 Å². The van der Waals surface area contributed by atoms with Crippen molar-refractivity contribution >= 4 is 28.9 Å². The Hall–Kier alpha value is -3.76. The van der Waals surface area contributed by atoms with Crippen LogP contribution in [0.5, 0.6) is 5.75 Å². The maximum absolute atomic E-state index is 13.3. The molecule has 0 aliphatic carbocycles. The highest BCUT2D eigenvalue weighted by Gasteiger charge is 2.47. The van der Waals surface area contributed by atoms with Gasteiger partial charge in [0.05, 0.1) is 61.3 Å². The number of hydrogen-bond acceptors (Lipinski definition) is 14. The number of cyclic esters (lactones) is 1. The molecule has 2 aliphatic heterocycles. The van der Waals surface area contributed by atoms with E-state index in [-0.39, 0.29) is 25.4 Å². The number of oxime groups is 1. The van der Waals surface area contributed by atoms with E-state index in [0.29, 0.717) is 38.2 Å². The molecule has 3 heterocycles. The summed E-state index contributed by atoms with van der Waals surface area (Å²) in [7, 11) is 3.48. The Balaban J connectivity index is 1.59. The van der Waals surface area contributed by atoms with Crippen molar-refractivity contribution in [3.63, 3.8) is 0 Å². The molecule has 1 aromatic carbocycles. The number of aldehydes is 1. The molecule has 0 radical (unpaired) electrons. The number of aliphatic hydroxyl groups is 4. The van der Waals surface area contributed by atoms with Crippen molar-refractivity contribution < 1.29 is 53.8 Å². The molecule has 1 fully saturated rings. The molecule has 2 aliphatic rings. The second kappa shape index (κ2) is 23.1. The monoisotopic (exact) mass is 811 g/mol. The van der Waals surface area contributed by atoms with E-state index in [1.807, 2.05) is 69.3 Å². The Bertz CT molecular complexity index is 1680. The molecule has 0 bridgehead atoms. The summed E-state index contributed by atoms with van der Waals surface area (Å²) in [6, 6.07) is 8.97. The molecule has 12 atom stereocenters. The van der Waals surface area contributed by atoms with Crippen LogP contribution in [0.3, 0.4) is 0 Å². The highest BCUT2D eigenvalue weighted by Crippen LogP contribution is 2.34. The number of aromatic nitrogens is 1. The Kier molecular flexibility index (Phi) is 18.7. The first-order chi connectivity index (χ1) is 27.8. The van der Waals surface area contributed by atoms with Crippen molar-refractivity contribution in [3.05, 3.63) is 60.3 Å². The number of hydrogen-bond donors (Lipinski definition) is 4. The Morgan fingerprint density at radius 3 is 2.52 bits per heavy atom. The zero-order valence-corrected chi connectivity index (χ0v) is 35.1. The largest absolute Gasteiger partial charge is 0.494 e. The fourth-order valence-corrected chi connectivity index (χ4v) is 7.78. The number of esters is 1. The zero-order chi connectivity index (χ0) is 42.4. The zero-order valence-electron chi connectivity index (χ0n) is 35.1. The number of fused-ring (bicyclic) bond motifs is 1. The average molecular weight is 812 g/mol. The molecule has 1 unspecified atom stereocenters. The van der Waals surface area contributed by atoms with Crippen molar-refractivity contribution in [3.8, 4) is 5.75 Å². The van der Waals surface area contributed by atoms with E-state index in [1.54, 1.807) is 39.0 Å².